The molecule has 0 bridgehead atoms. The van der Waals surface area contributed by atoms with Crippen LogP contribution in [-0.4, -0.2) is 30.6 Å². The summed E-state index contributed by atoms with van der Waals surface area (Å²) < 4.78 is 0. The van der Waals surface area contributed by atoms with Crippen LogP contribution in [-0.2, 0) is 0 Å². The lowest BCUT2D eigenvalue weighted by molar-refractivity contribution is 0.208. The lowest BCUT2D eigenvalue weighted by Gasteiger charge is -2.27. The van der Waals surface area contributed by atoms with Crippen molar-refractivity contribution in [3.05, 3.63) is 0 Å². The van der Waals surface area contributed by atoms with E-state index in [1.807, 2.05) is 0 Å². The molecule has 104 valence electrons. The molecule has 0 amide bonds. The van der Waals surface area contributed by atoms with Crippen LogP contribution in [0.2, 0.25) is 0 Å². The van der Waals surface area contributed by atoms with Crippen LogP contribution in [0.15, 0.2) is 0 Å². The van der Waals surface area contributed by atoms with Gasteiger partial charge in [0.1, 0.15) is 0 Å². The van der Waals surface area contributed by atoms with Crippen molar-refractivity contribution in [1.82, 2.24) is 4.90 Å². The highest BCUT2D eigenvalue weighted by molar-refractivity contribution is 4.64. The van der Waals surface area contributed by atoms with Crippen LogP contribution in [0.1, 0.15) is 66.2 Å². The third-order valence-electron chi connectivity index (χ3n) is 3.58. The molecule has 0 aromatic rings. The van der Waals surface area contributed by atoms with Crippen LogP contribution in [0.5, 0.6) is 0 Å². The molecule has 0 aliphatic carbocycles. The molecule has 0 spiro atoms. The zero-order valence-corrected chi connectivity index (χ0v) is 12.5. The number of hydrogen-bond acceptors (Lipinski definition) is 2. The van der Waals surface area contributed by atoms with E-state index in [2.05, 4.69) is 32.6 Å². The molecule has 2 N–H and O–H groups in total. The van der Waals surface area contributed by atoms with E-state index in [1.165, 1.54) is 51.6 Å². The van der Waals surface area contributed by atoms with Gasteiger partial charge in [0, 0.05) is 6.04 Å². The molecule has 0 fully saturated rings. The fraction of sp³-hybridized carbons (Fsp3) is 1.00. The number of hydrogen-bond donors (Lipinski definition) is 1. The molecular weight excluding hydrogens is 208 g/mol. The lowest BCUT2D eigenvalue weighted by Crippen LogP contribution is -2.33. The number of unbranched alkanes of at least 4 members (excludes halogenated alkanes) is 2. The van der Waals surface area contributed by atoms with E-state index in [0.29, 0.717) is 6.04 Å². The normalized spacial score (nSPS) is 13.6. The SMILES string of the molecule is CCCCCN(CCCC(C)CCN)C(C)C. The quantitative estimate of drug-likeness (QED) is 0.560. The maximum Gasteiger partial charge on any atom is 0.00385 e. The summed E-state index contributed by atoms with van der Waals surface area (Å²) in [6, 6.07) is 0.691. The van der Waals surface area contributed by atoms with E-state index < -0.39 is 0 Å². The van der Waals surface area contributed by atoms with Gasteiger partial charge in [-0.25, -0.2) is 0 Å². The fourth-order valence-corrected chi connectivity index (χ4v) is 2.26. The molecule has 0 heterocycles. The molecule has 0 aromatic heterocycles. The van der Waals surface area contributed by atoms with Crippen molar-refractivity contribution in [2.45, 2.75) is 72.3 Å². The molecule has 17 heavy (non-hydrogen) atoms. The zero-order valence-electron chi connectivity index (χ0n) is 12.5. The maximum atomic E-state index is 5.58. The van der Waals surface area contributed by atoms with Gasteiger partial charge in [-0.1, -0.05) is 26.7 Å². The lowest BCUT2D eigenvalue weighted by atomic mass is 10.0. The molecule has 0 radical (unpaired) electrons. The summed E-state index contributed by atoms with van der Waals surface area (Å²) in [5.74, 6) is 0.796. The van der Waals surface area contributed by atoms with Gasteiger partial charge in [-0.05, 0) is 65.1 Å². The van der Waals surface area contributed by atoms with E-state index in [0.717, 1.165) is 12.5 Å². The van der Waals surface area contributed by atoms with Crippen molar-refractivity contribution >= 4 is 0 Å². The Morgan fingerprint density at radius 2 is 1.59 bits per heavy atom. The maximum absolute atomic E-state index is 5.58. The monoisotopic (exact) mass is 242 g/mol. The fourth-order valence-electron chi connectivity index (χ4n) is 2.26. The Bertz CT molecular complexity index is 157. The first-order chi connectivity index (χ1) is 8.11. The Labute approximate surface area is 109 Å². The van der Waals surface area contributed by atoms with Crippen LogP contribution in [0, 0.1) is 5.92 Å². The summed E-state index contributed by atoms with van der Waals surface area (Å²) in [4.78, 5) is 2.63. The van der Waals surface area contributed by atoms with Gasteiger partial charge < -0.3 is 10.6 Å². The third kappa shape index (κ3) is 9.61. The molecule has 2 nitrogen and oxygen atoms in total. The van der Waals surface area contributed by atoms with Gasteiger partial charge >= 0.3 is 0 Å². The summed E-state index contributed by atoms with van der Waals surface area (Å²) >= 11 is 0. The Balaban J connectivity index is 3.69. The van der Waals surface area contributed by atoms with E-state index in [1.54, 1.807) is 0 Å². The minimum absolute atomic E-state index is 0.691. The molecule has 0 aromatic carbocycles. The molecule has 0 saturated carbocycles. The van der Waals surface area contributed by atoms with Gasteiger partial charge in [-0.2, -0.15) is 0 Å². The van der Waals surface area contributed by atoms with Crippen molar-refractivity contribution in [1.29, 1.82) is 0 Å². The molecule has 2 heteroatoms. The molecule has 1 atom stereocenters. The van der Waals surface area contributed by atoms with Crippen molar-refractivity contribution in [2.75, 3.05) is 19.6 Å². The second kappa shape index (κ2) is 11.0. The van der Waals surface area contributed by atoms with Crippen LogP contribution in [0.4, 0.5) is 0 Å². The third-order valence-corrected chi connectivity index (χ3v) is 3.58. The molecular formula is C15H34N2. The standard InChI is InChI=1S/C15H34N2/c1-5-6-7-12-17(14(2)3)13-8-9-15(4)10-11-16/h14-15H,5-13,16H2,1-4H3. The highest BCUT2D eigenvalue weighted by Gasteiger charge is 2.09. The summed E-state index contributed by atoms with van der Waals surface area (Å²) in [6.07, 6.45) is 7.87. The Morgan fingerprint density at radius 1 is 0.941 bits per heavy atom. The second-order valence-electron chi connectivity index (χ2n) is 5.66. The predicted octanol–water partition coefficient (Wildman–Crippen LogP) is 3.65. The molecule has 0 aliphatic rings. The summed E-state index contributed by atoms with van der Waals surface area (Å²) in [5.41, 5.74) is 5.58. The van der Waals surface area contributed by atoms with E-state index in [-0.39, 0.29) is 0 Å². The van der Waals surface area contributed by atoms with Crippen molar-refractivity contribution < 1.29 is 0 Å². The molecule has 0 aliphatic heterocycles. The Morgan fingerprint density at radius 3 is 2.12 bits per heavy atom. The number of nitrogens with two attached hydrogens (primary N) is 1. The Hall–Kier alpha value is -0.0800. The molecule has 1 unspecified atom stereocenters. The highest BCUT2D eigenvalue weighted by Crippen LogP contribution is 2.11. The summed E-state index contributed by atoms with van der Waals surface area (Å²) in [6.45, 7) is 12.6. The average Bonchev–Trinajstić information content (AvgIpc) is 2.27. The van der Waals surface area contributed by atoms with E-state index in [9.17, 15) is 0 Å². The van der Waals surface area contributed by atoms with Gasteiger partial charge in [-0.15, -0.1) is 0 Å². The van der Waals surface area contributed by atoms with Crippen LogP contribution < -0.4 is 5.73 Å². The van der Waals surface area contributed by atoms with E-state index in [4.69, 9.17) is 5.73 Å². The highest BCUT2D eigenvalue weighted by atomic mass is 15.1. The first kappa shape index (κ1) is 16.9. The van der Waals surface area contributed by atoms with Gasteiger partial charge in [0.15, 0.2) is 0 Å². The van der Waals surface area contributed by atoms with Gasteiger partial charge in [-0.3, -0.25) is 0 Å². The van der Waals surface area contributed by atoms with Crippen LogP contribution in [0.25, 0.3) is 0 Å². The minimum atomic E-state index is 0.691. The molecule has 0 saturated heterocycles. The van der Waals surface area contributed by atoms with Gasteiger partial charge in [0.25, 0.3) is 0 Å². The first-order valence-electron chi connectivity index (χ1n) is 7.55. The van der Waals surface area contributed by atoms with Gasteiger partial charge in [0.2, 0.25) is 0 Å². The van der Waals surface area contributed by atoms with E-state index >= 15 is 0 Å². The van der Waals surface area contributed by atoms with Crippen molar-refractivity contribution in [3.8, 4) is 0 Å². The van der Waals surface area contributed by atoms with Gasteiger partial charge in [0.05, 0.1) is 0 Å². The average molecular weight is 242 g/mol. The van der Waals surface area contributed by atoms with Crippen LogP contribution >= 0.6 is 0 Å². The zero-order chi connectivity index (χ0) is 13.1. The Kier molecular flexibility index (Phi) is 11.0. The van der Waals surface area contributed by atoms with Crippen molar-refractivity contribution in [2.24, 2.45) is 11.7 Å². The summed E-state index contributed by atoms with van der Waals surface area (Å²) in [7, 11) is 0. The number of rotatable bonds is 11. The van der Waals surface area contributed by atoms with Crippen molar-refractivity contribution in [3.63, 3.8) is 0 Å². The van der Waals surface area contributed by atoms with Crippen LogP contribution in [0.3, 0.4) is 0 Å². The molecule has 0 rings (SSSR count). The topological polar surface area (TPSA) is 29.3 Å². The first-order valence-corrected chi connectivity index (χ1v) is 7.55. The predicted molar refractivity (Wildman–Crippen MR) is 78.3 cm³/mol. The minimum Gasteiger partial charge on any atom is -0.330 e. The summed E-state index contributed by atoms with van der Waals surface area (Å²) in [5, 5.41) is 0. The smallest absolute Gasteiger partial charge is 0.00385 e. The second-order valence-corrected chi connectivity index (χ2v) is 5.66. The number of nitrogens with zero attached hydrogens (tertiary/aromatic N) is 1. The largest absolute Gasteiger partial charge is 0.330 e.